The zero-order valence-corrected chi connectivity index (χ0v) is 16.0. The van der Waals surface area contributed by atoms with Gasteiger partial charge in [0, 0.05) is 13.1 Å². The van der Waals surface area contributed by atoms with Crippen molar-refractivity contribution in [2.75, 3.05) is 13.1 Å². The van der Waals surface area contributed by atoms with Gasteiger partial charge in [-0.15, -0.1) is 0 Å². The Hall–Kier alpha value is -1.93. The second-order valence-electron chi connectivity index (χ2n) is 7.20. The Bertz CT molecular complexity index is 829. The van der Waals surface area contributed by atoms with Gasteiger partial charge in [-0.1, -0.05) is 25.0 Å². The molecule has 1 aliphatic carbocycles. The lowest BCUT2D eigenvalue weighted by atomic mass is 9.98. The van der Waals surface area contributed by atoms with Gasteiger partial charge in [-0.05, 0) is 50.3 Å². The van der Waals surface area contributed by atoms with E-state index in [9.17, 15) is 18.0 Å². The van der Waals surface area contributed by atoms with Crippen LogP contribution in [0.3, 0.4) is 0 Å². The highest BCUT2D eigenvalue weighted by atomic mass is 32.2. The first kappa shape index (κ1) is 18.8. The monoisotopic (exact) mass is 379 g/mol. The average molecular weight is 379 g/mol. The molecular formula is C18H25N3O4S. The Morgan fingerprint density at radius 3 is 2.58 bits per heavy atom. The van der Waals surface area contributed by atoms with E-state index in [-0.39, 0.29) is 29.9 Å². The third-order valence-electron chi connectivity index (χ3n) is 5.19. The van der Waals surface area contributed by atoms with Crippen LogP contribution >= 0.6 is 0 Å². The number of carbonyl (C=O) groups excluding carboxylic acids is 2. The number of hydrogen-bond donors (Lipinski definition) is 2. The maximum Gasteiger partial charge on any atom is 0.325 e. The topological polar surface area (TPSA) is 95.6 Å². The van der Waals surface area contributed by atoms with Crippen molar-refractivity contribution in [1.29, 1.82) is 0 Å². The molecule has 0 unspecified atom stereocenters. The molecular weight excluding hydrogens is 354 g/mol. The van der Waals surface area contributed by atoms with E-state index < -0.39 is 15.6 Å². The molecule has 3 rings (SSSR count). The molecule has 2 fully saturated rings. The molecule has 26 heavy (non-hydrogen) atoms. The van der Waals surface area contributed by atoms with Crippen LogP contribution in [0.5, 0.6) is 0 Å². The van der Waals surface area contributed by atoms with Gasteiger partial charge >= 0.3 is 6.03 Å². The zero-order chi connectivity index (χ0) is 18.9. The maximum atomic E-state index is 12.5. The molecule has 0 radical (unpaired) electrons. The number of nitrogens with zero attached hydrogens (tertiary/aromatic N) is 1. The van der Waals surface area contributed by atoms with E-state index in [1.807, 2.05) is 13.0 Å². The summed E-state index contributed by atoms with van der Waals surface area (Å²) in [6.07, 6.45) is 3.63. The first-order chi connectivity index (χ1) is 12.3. The number of benzene rings is 1. The molecule has 1 saturated heterocycles. The summed E-state index contributed by atoms with van der Waals surface area (Å²) in [5.74, 6) is -0.169. The van der Waals surface area contributed by atoms with Crippen LogP contribution in [0.2, 0.25) is 0 Å². The number of urea groups is 1. The van der Waals surface area contributed by atoms with Gasteiger partial charge < -0.3 is 5.32 Å². The first-order valence-corrected chi connectivity index (χ1v) is 10.4. The fraction of sp³-hybridized carbons (Fsp3) is 0.556. The van der Waals surface area contributed by atoms with E-state index in [1.165, 1.54) is 4.90 Å². The largest absolute Gasteiger partial charge is 0.325 e. The average Bonchev–Trinajstić information content (AvgIpc) is 3.14. The quantitative estimate of drug-likeness (QED) is 0.582. The van der Waals surface area contributed by atoms with Crippen molar-refractivity contribution in [3.05, 3.63) is 29.3 Å². The summed E-state index contributed by atoms with van der Waals surface area (Å²) in [7, 11) is -3.61. The van der Waals surface area contributed by atoms with Crippen LogP contribution in [0.25, 0.3) is 0 Å². The minimum atomic E-state index is -3.61. The number of imide groups is 1. The normalized spacial score (nSPS) is 19.4. The minimum Gasteiger partial charge on any atom is -0.323 e. The highest BCUT2D eigenvalue weighted by molar-refractivity contribution is 7.89. The lowest BCUT2D eigenvalue weighted by Gasteiger charge is -2.20. The molecule has 2 aliphatic rings. The smallest absolute Gasteiger partial charge is 0.323 e. The number of hydrogen-bond acceptors (Lipinski definition) is 4. The molecule has 1 aliphatic heterocycles. The highest BCUT2D eigenvalue weighted by Crippen LogP contribution is 2.35. The minimum absolute atomic E-state index is 0.166. The number of nitrogens with one attached hydrogen (secondary N) is 2. The van der Waals surface area contributed by atoms with E-state index >= 15 is 0 Å². The fourth-order valence-electron chi connectivity index (χ4n) is 3.71. The standard InChI is InChI=1S/C18H25N3O4S/c1-13-6-7-14(2)15(12-13)26(24,25)19-10-5-11-21-16(22)18(20-17(21)23)8-3-4-9-18/h6-7,12,19H,3-5,8-11H2,1-2H3,(H,20,23). The molecule has 1 aromatic carbocycles. The fourth-order valence-corrected chi connectivity index (χ4v) is 5.12. The maximum absolute atomic E-state index is 12.5. The van der Waals surface area contributed by atoms with Crippen molar-refractivity contribution >= 4 is 22.0 Å². The lowest BCUT2D eigenvalue weighted by Crippen LogP contribution is -2.44. The molecule has 1 aromatic rings. The molecule has 0 bridgehead atoms. The summed E-state index contributed by atoms with van der Waals surface area (Å²) in [6.45, 7) is 3.97. The molecule has 1 heterocycles. The molecule has 7 nitrogen and oxygen atoms in total. The van der Waals surface area contributed by atoms with Crippen LogP contribution in [0, 0.1) is 13.8 Å². The van der Waals surface area contributed by atoms with Crippen LogP contribution in [0.4, 0.5) is 4.79 Å². The van der Waals surface area contributed by atoms with E-state index in [0.717, 1.165) is 18.4 Å². The lowest BCUT2D eigenvalue weighted by molar-refractivity contribution is -0.131. The number of carbonyl (C=O) groups is 2. The van der Waals surface area contributed by atoms with Crippen molar-refractivity contribution in [2.45, 2.75) is 56.4 Å². The van der Waals surface area contributed by atoms with E-state index in [1.54, 1.807) is 19.1 Å². The summed E-state index contributed by atoms with van der Waals surface area (Å²) < 4.78 is 27.5. The third kappa shape index (κ3) is 3.48. The summed E-state index contributed by atoms with van der Waals surface area (Å²) >= 11 is 0. The van der Waals surface area contributed by atoms with Gasteiger partial charge in [0.25, 0.3) is 5.91 Å². The Balaban J connectivity index is 1.56. The van der Waals surface area contributed by atoms with Gasteiger partial charge in [0.15, 0.2) is 0 Å². The van der Waals surface area contributed by atoms with Crippen molar-refractivity contribution in [3.63, 3.8) is 0 Å². The second kappa shape index (κ2) is 7.00. The number of amides is 3. The van der Waals surface area contributed by atoms with Crippen molar-refractivity contribution in [2.24, 2.45) is 0 Å². The molecule has 0 atom stereocenters. The van der Waals surface area contributed by atoms with E-state index in [4.69, 9.17) is 0 Å². The summed E-state index contributed by atoms with van der Waals surface area (Å²) in [4.78, 5) is 26.1. The van der Waals surface area contributed by atoms with Gasteiger partial charge in [-0.3, -0.25) is 9.69 Å². The number of rotatable bonds is 6. The second-order valence-corrected chi connectivity index (χ2v) is 8.93. The van der Waals surface area contributed by atoms with Gasteiger partial charge in [0.1, 0.15) is 5.54 Å². The first-order valence-electron chi connectivity index (χ1n) is 8.96. The molecule has 8 heteroatoms. The summed E-state index contributed by atoms with van der Waals surface area (Å²) in [6, 6.07) is 4.91. The summed E-state index contributed by atoms with van der Waals surface area (Å²) in [5, 5.41) is 2.82. The molecule has 2 N–H and O–H groups in total. The SMILES string of the molecule is Cc1ccc(C)c(S(=O)(=O)NCCCN2C(=O)NC3(CCCC3)C2=O)c1. The van der Waals surface area contributed by atoms with Crippen LogP contribution in [-0.4, -0.2) is 43.9 Å². The molecule has 0 aromatic heterocycles. The zero-order valence-electron chi connectivity index (χ0n) is 15.2. The molecule has 142 valence electrons. The van der Waals surface area contributed by atoms with Crippen LogP contribution in [-0.2, 0) is 14.8 Å². The van der Waals surface area contributed by atoms with Crippen molar-refractivity contribution in [1.82, 2.24) is 14.9 Å². The van der Waals surface area contributed by atoms with Crippen LogP contribution in [0.15, 0.2) is 23.1 Å². The predicted molar refractivity (Wildman–Crippen MR) is 97.2 cm³/mol. The molecule has 1 spiro atoms. The third-order valence-corrected chi connectivity index (χ3v) is 6.79. The molecule has 1 saturated carbocycles. The highest BCUT2D eigenvalue weighted by Gasteiger charge is 2.51. The summed E-state index contributed by atoms with van der Waals surface area (Å²) in [5.41, 5.74) is 0.840. The Kier molecular flexibility index (Phi) is 5.07. The molecule has 3 amide bonds. The number of sulfonamides is 1. The van der Waals surface area contributed by atoms with Gasteiger partial charge in [-0.25, -0.2) is 17.9 Å². The number of aryl methyl sites for hydroxylation is 2. The van der Waals surface area contributed by atoms with Gasteiger partial charge in [0.05, 0.1) is 4.90 Å². The Morgan fingerprint density at radius 2 is 1.88 bits per heavy atom. The van der Waals surface area contributed by atoms with Crippen molar-refractivity contribution < 1.29 is 18.0 Å². The van der Waals surface area contributed by atoms with Gasteiger partial charge in [0.2, 0.25) is 10.0 Å². The van der Waals surface area contributed by atoms with Crippen LogP contribution in [0.1, 0.15) is 43.2 Å². The van der Waals surface area contributed by atoms with E-state index in [0.29, 0.717) is 24.8 Å². The van der Waals surface area contributed by atoms with Crippen molar-refractivity contribution in [3.8, 4) is 0 Å². The Morgan fingerprint density at radius 1 is 1.19 bits per heavy atom. The van der Waals surface area contributed by atoms with E-state index in [2.05, 4.69) is 10.0 Å². The van der Waals surface area contributed by atoms with Crippen LogP contribution < -0.4 is 10.0 Å². The Labute approximate surface area is 154 Å². The van der Waals surface area contributed by atoms with Gasteiger partial charge in [-0.2, -0.15) is 0 Å². The predicted octanol–water partition coefficient (Wildman–Crippen LogP) is 1.84.